The van der Waals surface area contributed by atoms with E-state index < -0.39 is 17.7 Å². The van der Waals surface area contributed by atoms with Crippen LogP contribution in [0.5, 0.6) is 5.75 Å². The van der Waals surface area contributed by atoms with E-state index in [4.69, 9.17) is 10.00 Å². The number of carbonyl (C=O) groups is 2. The third-order valence-electron chi connectivity index (χ3n) is 2.47. The zero-order valence-corrected chi connectivity index (χ0v) is 10.4. The minimum Gasteiger partial charge on any atom is -0.496 e. The summed E-state index contributed by atoms with van der Waals surface area (Å²) in [6, 6.07) is 6.89. The first kappa shape index (κ1) is 13.7. The molecule has 0 radical (unpaired) electrons. The van der Waals surface area contributed by atoms with Crippen LogP contribution >= 0.6 is 0 Å². The van der Waals surface area contributed by atoms with Crippen LogP contribution in [0.25, 0.3) is 0 Å². The van der Waals surface area contributed by atoms with Crippen LogP contribution in [0.4, 0.5) is 0 Å². The fourth-order valence-corrected chi connectivity index (χ4v) is 1.57. The second-order valence-electron chi connectivity index (χ2n) is 3.66. The Hall–Kier alpha value is -2.35. The van der Waals surface area contributed by atoms with E-state index >= 15 is 0 Å². The van der Waals surface area contributed by atoms with Crippen LogP contribution in [0.15, 0.2) is 18.2 Å². The maximum absolute atomic E-state index is 11.7. The number of nitriles is 1. The molecule has 94 valence electrons. The molecule has 5 nitrogen and oxygen atoms in total. The zero-order valence-electron chi connectivity index (χ0n) is 10.4. The molecule has 0 aliphatic carbocycles. The molecule has 0 spiro atoms. The first-order valence-electron chi connectivity index (χ1n) is 5.21. The second kappa shape index (κ2) is 5.82. The van der Waals surface area contributed by atoms with Crippen molar-refractivity contribution in [2.24, 2.45) is 0 Å². The molecule has 0 N–H and O–H groups in total. The van der Waals surface area contributed by atoms with Crippen LogP contribution in [-0.4, -0.2) is 26.0 Å². The van der Waals surface area contributed by atoms with Gasteiger partial charge in [0.25, 0.3) is 5.78 Å². The van der Waals surface area contributed by atoms with Gasteiger partial charge in [-0.05, 0) is 13.0 Å². The molecule has 1 rings (SSSR count). The molecule has 0 fully saturated rings. The number of benzene rings is 1. The molecule has 0 aliphatic rings. The van der Waals surface area contributed by atoms with Crippen molar-refractivity contribution in [3.63, 3.8) is 0 Å². The number of aryl methyl sites for hydroxylation is 1. The van der Waals surface area contributed by atoms with E-state index in [2.05, 4.69) is 4.74 Å². The molecule has 0 saturated heterocycles. The lowest BCUT2D eigenvalue weighted by Crippen LogP contribution is -2.23. The quantitative estimate of drug-likeness (QED) is 0.593. The summed E-state index contributed by atoms with van der Waals surface area (Å²) < 4.78 is 9.43. The zero-order chi connectivity index (χ0) is 13.7. The van der Waals surface area contributed by atoms with Crippen LogP contribution in [0.3, 0.4) is 0 Å². The van der Waals surface area contributed by atoms with Gasteiger partial charge in [0.2, 0.25) is 0 Å². The summed E-state index contributed by atoms with van der Waals surface area (Å²) in [7, 11) is 2.54. The van der Waals surface area contributed by atoms with Crippen LogP contribution in [0.1, 0.15) is 17.0 Å². The molecule has 18 heavy (non-hydrogen) atoms. The van der Waals surface area contributed by atoms with E-state index in [9.17, 15) is 9.59 Å². The van der Waals surface area contributed by atoms with Gasteiger partial charge in [0, 0.05) is 5.56 Å². The second-order valence-corrected chi connectivity index (χ2v) is 3.66. The Kier molecular flexibility index (Phi) is 4.44. The third-order valence-corrected chi connectivity index (χ3v) is 2.47. The van der Waals surface area contributed by atoms with Gasteiger partial charge in [-0.2, -0.15) is 5.26 Å². The Labute approximate surface area is 105 Å². The molecule has 0 amide bonds. The van der Waals surface area contributed by atoms with Crippen molar-refractivity contribution in [2.75, 3.05) is 14.2 Å². The Balaban J connectivity index is 3.25. The Morgan fingerprint density at radius 1 is 1.33 bits per heavy atom. The number of hydrogen-bond acceptors (Lipinski definition) is 5. The van der Waals surface area contributed by atoms with Crippen molar-refractivity contribution in [2.45, 2.75) is 12.8 Å². The number of esters is 1. The summed E-state index contributed by atoms with van der Waals surface area (Å²) in [5.41, 5.74) is 1.24. The molecule has 1 aromatic carbocycles. The number of methoxy groups -OCH3 is 2. The first-order valence-corrected chi connectivity index (χ1v) is 5.21. The summed E-state index contributed by atoms with van der Waals surface area (Å²) in [6.07, 6.45) is 0. The highest BCUT2D eigenvalue weighted by Gasteiger charge is 2.30. The highest BCUT2D eigenvalue weighted by Crippen LogP contribution is 2.28. The van der Waals surface area contributed by atoms with E-state index in [1.54, 1.807) is 24.3 Å². The predicted octanol–water partition coefficient (Wildman–Crippen LogP) is 1.35. The maximum atomic E-state index is 11.7. The molecule has 0 aliphatic heterocycles. The van der Waals surface area contributed by atoms with Crippen LogP contribution in [0.2, 0.25) is 0 Å². The van der Waals surface area contributed by atoms with Crippen molar-refractivity contribution < 1.29 is 19.1 Å². The molecular weight excluding hydrogens is 234 g/mol. The lowest BCUT2D eigenvalue weighted by molar-refractivity contribution is -0.151. The lowest BCUT2D eigenvalue weighted by atomic mass is 9.94. The molecule has 0 aromatic heterocycles. The van der Waals surface area contributed by atoms with Crippen molar-refractivity contribution >= 4 is 11.8 Å². The average Bonchev–Trinajstić information content (AvgIpc) is 2.38. The highest BCUT2D eigenvalue weighted by atomic mass is 16.5. The van der Waals surface area contributed by atoms with E-state index in [1.807, 2.05) is 6.92 Å². The summed E-state index contributed by atoms with van der Waals surface area (Å²) in [4.78, 5) is 22.9. The number of hydrogen-bond donors (Lipinski definition) is 0. The van der Waals surface area contributed by atoms with Gasteiger partial charge in [-0.25, -0.2) is 4.79 Å². The fourth-order valence-electron chi connectivity index (χ4n) is 1.57. The minimum absolute atomic E-state index is 0.371. The van der Waals surface area contributed by atoms with Gasteiger partial charge in [0.1, 0.15) is 11.7 Å². The molecule has 0 heterocycles. The molecule has 5 heteroatoms. The smallest absolute Gasteiger partial charge is 0.376 e. The summed E-state index contributed by atoms with van der Waals surface area (Å²) >= 11 is 0. The third kappa shape index (κ3) is 2.66. The van der Waals surface area contributed by atoms with Gasteiger partial charge >= 0.3 is 5.97 Å². The number of ketones is 1. The normalized spacial score (nSPS) is 11.2. The molecule has 1 unspecified atom stereocenters. The highest BCUT2D eigenvalue weighted by molar-refractivity contribution is 6.36. The van der Waals surface area contributed by atoms with E-state index in [-0.39, 0.29) is 0 Å². The van der Waals surface area contributed by atoms with E-state index in [1.165, 1.54) is 7.11 Å². The predicted molar refractivity (Wildman–Crippen MR) is 63.1 cm³/mol. The number of ether oxygens (including phenoxy) is 2. The van der Waals surface area contributed by atoms with Gasteiger partial charge in [-0.15, -0.1) is 0 Å². The van der Waals surface area contributed by atoms with Crippen LogP contribution in [-0.2, 0) is 14.3 Å². The maximum Gasteiger partial charge on any atom is 0.376 e. The summed E-state index contributed by atoms with van der Waals surface area (Å²) in [5, 5.41) is 9.07. The molecule has 1 atom stereocenters. The molecule has 0 saturated carbocycles. The van der Waals surface area contributed by atoms with Crippen molar-refractivity contribution in [3.8, 4) is 11.8 Å². The first-order chi connectivity index (χ1) is 8.54. The van der Waals surface area contributed by atoms with Gasteiger partial charge < -0.3 is 9.47 Å². The fraction of sp³-hybridized carbons (Fsp3) is 0.308. The standard InChI is InChI=1S/C13H13NO4/c1-8-4-5-11(17-2)9(6-8)10(7-14)12(15)13(16)18-3/h4-6,10H,1-3H3. The number of Topliss-reactive ketones (excluding diaryl/α,β-unsaturated/α-hetero) is 1. The average molecular weight is 247 g/mol. The Morgan fingerprint density at radius 3 is 2.50 bits per heavy atom. The lowest BCUT2D eigenvalue weighted by Gasteiger charge is -2.12. The summed E-state index contributed by atoms with van der Waals surface area (Å²) in [6.45, 7) is 1.82. The van der Waals surface area contributed by atoms with E-state index in [0.29, 0.717) is 11.3 Å². The number of rotatable bonds is 4. The van der Waals surface area contributed by atoms with Crippen LogP contribution in [0, 0.1) is 18.3 Å². The van der Waals surface area contributed by atoms with Gasteiger partial charge in [0.05, 0.1) is 20.3 Å². The molecule has 1 aromatic rings. The van der Waals surface area contributed by atoms with Gasteiger partial charge in [0.15, 0.2) is 0 Å². The Morgan fingerprint density at radius 2 is 2.00 bits per heavy atom. The molecule has 0 bridgehead atoms. The Bertz CT molecular complexity index is 516. The van der Waals surface area contributed by atoms with Crippen LogP contribution < -0.4 is 4.74 Å². The largest absolute Gasteiger partial charge is 0.496 e. The monoisotopic (exact) mass is 247 g/mol. The number of nitrogens with zero attached hydrogens (tertiary/aromatic N) is 1. The van der Waals surface area contributed by atoms with Crippen molar-refractivity contribution in [1.29, 1.82) is 5.26 Å². The van der Waals surface area contributed by atoms with Gasteiger partial charge in [-0.3, -0.25) is 4.79 Å². The minimum atomic E-state index is -1.22. The van der Waals surface area contributed by atoms with E-state index in [0.717, 1.165) is 12.7 Å². The SMILES string of the molecule is COC(=O)C(=O)C(C#N)c1cc(C)ccc1OC. The van der Waals surface area contributed by atoms with Crippen molar-refractivity contribution in [1.82, 2.24) is 0 Å². The number of carbonyl (C=O) groups excluding carboxylic acids is 2. The van der Waals surface area contributed by atoms with Gasteiger partial charge in [-0.1, -0.05) is 17.7 Å². The molecular formula is C13H13NO4. The topological polar surface area (TPSA) is 76.4 Å². The van der Waals surface area contributed by atoms with Crippen molar-refractivity contribution in [3.05, 3.63) is 29.3 Å². The summed E-state index contributed by atoms with van der Waals surface area (Å²) in [5.74, 6) is -2.76.